The highest BCUT2D eigenvalue weighted by atomic mass is 16.4. The van der Waals surface area contributed by atoms with E-state index in [1.54, 1.807) is 24.4 Å². The van der Waals surface area contributed by atoms with Crippen LogP contribution in [0, 0.1) is 0 Å². The number of hydrogen-bond acceptors (Lipinski definition) is 4. The number of aromatic carboxylic acids is 1. The molecule has 6 nitrogen and oxygen atoms in total. The van der Waals surface area contributed by atoms with Crippen molar-refractivity contribution in [1.29, 1.82) is 0 Å². The lowest BCUT2D eigenvalue weighted by atomic mass is 10.4. The molecule has 0 aliphatic heterocycles. The maximum Gasteiger partial charge on any atom is 0.358 e. The number of nitrogens with zero attached hydrogens (tertiary/aromatic N) is 4. The summed E-state index contributed by atoms with van der Waals surface area (Å²) in [5.74, 6) is -0.570. The highest BCUT2D eigenvalue weighted by Gasteiger charge is 2.08. The number of aromatic nitrogens is 4. The Morgan fingerprint density at radius 1 is 1.43 bits per heavy atom. The Morgan fingerprint density at radius 3 is 2.86 bits per heavy atom. The lowest BCUT2D eigenvalue weighted by Gasteiger charge is -1.95. The van der Waals surface area contributed by atoms with Crippen LogP contribution in [0.25, 0.3) is 5.82 Å². The molecule has 2 aromatic heterocycles. The molecule has 0 amide bonds. The largest absolute Gasteiger partial charge is 0.476 e. The van der Waals surface area contributed by atoms with Gasteiger partial charge in [-0.2, -0.15) is 0 Å². The quantitative estimate of drug-likeness (QED) is 0.739. The molecule has 6 heteroatoms. The maximum atomic E-state index is 10.5. The van der Waals surface area contributed by atoms with Crippen molar-refractivity contribution in [2.45, 2.75) is 0 Å². The van der Waals surface area contributed by atoms with E-state index in [9.17, 15) is 4.79 Å². The van der Waals surface area contributed by atoms with Crippen molar-refractivity contribution in [2.24, 2.45) is 0 Å². The predicted molar refractivity (Wildman–Crippen MR) is 46.1 cm³/mol. The Balaban J connectivity index is 2.39. The molecule has 0 radical (unpaired) electrons. The number of carboxylic acids is 1. The number of rotatable bonds is 2. The molecule has 0 unspecified atom stereocenters. The van der Waals surface area contributed by atoms with Gasteiger partial charge in [-0.05, 0) is 12.1 Å². The van der Waals surface area contributed by atoms with Gasteiger partial charge in [0.15, 0.2) is 11.5 Å². The lowest BCUT2D eigenvalue weighted by molar-refractivity contribution is 0.0690. The molecular weight excluding hydrogens is 184 g/mol. The lowest BCUT2D eigenvalue weighted by Crippen LogP contribution is -1.97. The standard InChI is InChI=1S/C8H6N4O2/c13-8(14)6-5-12(11-10-6)7-3-1-2-4-9-7/h1-5H,(H,13,14). The van der Waals surface area contributed by atoms with E-state index in [4.69, 9.17) is 5.11 Å². The highest BCUT2D eigenvalue weighted by Crippen LogP contribution is 2.01. The van der Waals surface area contributed by atoms with Crippen LogP contribution in [0.2, 0.25) is 0 Å². The van der Waals surface area contributed by atoms with E-state index in [1.807, 2.05) is 0 Å². The first-order valence-corrected chi connectivity index (χ1v) is 3.84. The van der Waals surface area contributed by atoms with Gasteiger partial charge in [0.25, 0.3) is 0 Å². The summed E-state index contributed by atoms with van der Waals surface area (Å²) in [4.78, 5) is 14.5. The SMILES string of the molecule is O=C(O)c1cn(-c2ccccn2)nn1. The van der Waals surface area contributed by atoms with E-state index >= 15 is 0 Å². The fourth-order valence-corrected chi connectivity index (χ4v) is 0.963. The van der Waals surface area contributed by atoms with Crippen molar-refractivity contribution in [3.8, 4) is 5.82 Å². The van der Waals surface area contributed by atoms with Crippen molar-refractivity contribution in [2.75, 3.05) is 0 Å². The Kier molecular flexibility index (Phi) is 1.94. The number of carbonyl (C=O) groups is 1. The molecule has 2 rings (SSSR count). The first-order valence-electron chi connectivity index (χ1n) is 3.84. The Hall–Kier alpha value is -2.24. The minimum Gasteiger partial charge on any atom is -0.476 e. The minimum absolute atomic E-state index is 0.101. The van der Waals surface area contributed by atoms with Gasteiger partial charge >= 0.3 is 5.97 Å². The van der Waals surface area contributed by atoms with Gasteiger partial charge in [0.05, 0.1) is 6.20 Å². The molecule has 1 N–H and O–H groups in total. The third-order valence-corrected chi connectivity index (χ3v) is 1.60. The smallest absolute Gasteiger partial charge is 0.358 e. The molecule has 70 valence electrons. The second-order valence-corrected chi connectivity index (χ2v) is 2.54. The van der Waals surface area contributed by atoms with E-state index in [-0.39, 0.29) is 5.69 Å². The molecule has 0 fully saturated rings. The molecule has 14 heavy (non-hydrogen) atoms. The molecular formula is C8H6N4O2. The summed E-state index contributed by atoms with van der Waals surface area (Å²) < 4.78 is 1.31. The molecule has 2 heterocycles. The molecule has 0 saturated heterocycles. The maximum absolute atomic E-state index is 10.5. The van der Waals surface area contributed by atoms with Crippen LogP contribution in [-0.2, 0) is 0 Å². The highest BCUT2D eigenvalue weighted by molar-refractivity contribution is 5.84. The summed E-state index contributed by atoms with van der Waals surface area (Å²) in [6.45, 7) is 0. The van der Waals surface area contributed by atoms with Crippen LogP contribution in [0.1, 0.15) is 10.5 Å². The van der Waals surface area contributed by atoms with E-state index < -0.39 is 5.97 Å². The molecule has 0 spiro atoms. The van der Waals surface area contributed by atoms with Crippen molar-refractivity contribution in [3.63, 3.8) is 0 Å². The zero-order valence-corrected chi connectivity index (χ0v) is 7.03. The number of hydrogen-bond donors (Lipinski definition) is 1. The normalized spacial score (nSPS) is 10.0. The van der Waals surface area contributed by atoms with Gasteiger partial charge < -0.3 is 5.11 Å². The van der Waals surface area contributed by atoms with Gasteiger partial charge in [-0.25, -0.2) is 14.5 Å². The Labute approximate surface area is 78.8 Å². The third-order valence-electron chi connectivity index (χ3n) is 1.60. The van der Waals surface area contributed by atoms with Gasteiger partial charge in [0, 0.05) is 6.20 Å². The second-order valence-electron chi connectivity index (χ2n) is 2.54. The van der Waals surface area contributed by atoms with Gasteiger partial charge in [-0.15, -0.1) is 5.10 Å². The molecule has 0 saturated carbocycles. The average molecular weight is 190 g/mol. The number of pyridine rings is 1. The van der Waals surface area contributed by atoms with Gasteiger partial charge in [0.1, 0.15) is 0 Å². The Bertz CT molecular complexity index is 451. The van der Waals surface area contributed by atoms with Crippen molar-refractivity contribution < 1.29 is 9.90 Å². The monoisotopic (exact) mass is 190 g/mol. The molecule has 0 bridgehead atoms. The summed E-state index contributed by atoms with van der Waals surface area (Å²) in [7, 11) is 0. The zero-order valence-electron chi connectivity index (χ0n) is 7.03. The summed E-state index contributed by atoms with van der Waals surface area (Å²) in [6, 6.07) is 5.25. The van der Waals surface area contributed by atoms with Crippen molar-refractivity contribution >= 4 is 5.97 Å². The van der Waals surface area contributed by atoms with Gasteiger partial charge in [-0.3, -0.25) is 0 Å². The first-order chi connectivity index (χ1) is 6.77. The van der Waals surface area contributed by atoms with Gasteiger partial charge in [0.2, 0.25) is 0 Å². The van der Waals surface area contributed by atoms with Crippen molar-refractivity contribution in [3.05, 3.63) is 36.3 Å². The third kappa shape index (κ3) is 1.45. The van der Waals surface area contributed by atoms with Crippen LogP contribution in [0.15, 0.2) is 30.6 Å². The fourth-order valence-electron chi connectivity index (χ4n) is 0.963. The van der Waals surface area contributed by atoms with Crippen LogP contribution >= 0.6 is 0 Å². The van der Waals surface area contributed by atoms with Crippen LogP contribution in [0.4, 0.5) is 0 Å². The second kappa shape index (κ2) is 3.25. The molecule has 0 atom stereocenters. The summed E-state index contributed by atoms with van der Waals surface area (Å²) in [6.07, 6.45) is 2.90. The van der Waals surface area contributed by atoms with E-state index in [0.717, 1.165) is 0 Å². The van der Waals surface area contributed by atoms with E-state index in [0.29, 0.717) is 5.82 Å². The van der Waals surface area contributed by atoms with E-state index in [1.165, 1.54) is 10.9 Å². The van der Waals surface area contributed by atoms with Gasteiger partial charge in [-0.1, -0.05) is 11.3 Å². The van der Waals surface area contributed by atoms with Crippen LogP contribution in [0.5, 0.6) is 0 Å². The zero-order chi connectivity index (χ0) is 9.97. The molecule has 0 aromatic carbocycles. The molecule has 0 aliphatic carbocycles. The van der Waals surface area contributed by atoms with Crippen molar-refractivity contribution in [1.82, 2.24) is 20.0 Å². The number of carboxylic acid groups (broad SMARTS) is 1. The fraction of sp³-hybridized carbons (Fsp3) is 0. The first kappa shape index (κ1) is 8.36. The predicted octanol–water partition coefficient (Wildman–Crippen LogP) is 0.360. The molecule has 2 aromatic rings. The van der Waals surface area contributed by atoms with Crippen LogP contribution < -0.4 is 0 Å². The average Bonchev–Trinajstić information content (AvgIpc) is 2.68. The molecule has 0 aliphatic rings. The van der Waals surface area contributed by atoms with E-state index in [2.05, 4.69) is 15.3 Å². The van der Waals surface area contributed by atoms with Crippen LogP contribution in [-0.4, -0.2) is 31.1 Å². The summed E-state index contributed by atoms with van der Waals surface area (Å²) >= 11 is 0. The Morgan fingerprint density at radius 2 is 2.29 bits per heavy atom. The summed E-state index contributed by atoms with van der Waals surface area (Å²) in [5, 5.41) is 15.7. The minimum atomic E-state index is -1.10. The summed E-state index contributed by atoms with van der Waals surface area (Å²) in [5.41, 5.74) is -0.101. The topological polar surface area (TPSA) is 80.9 Å². The van der Waals surface area contributed by atoms with Crippen LogP contribution in [0.3, 0.4) is 0 Å².